The Morgan fingerprint density at radius 1 is 1.33 bits per heavy atom. The molecule has 3 heterocycles. The number of ether oxygens (including phenoxy) is 1. The first-order valence-electron chi connectivity index (χ1n) is 6.73. The molecule has 0 aromatic carbocycles. The molecule has 2 aliphatic heterocycles. The van der Waals surface area contributed by atoms with Crippen molar-refractivity contribution < 1.29 is 4.74 Å². The van der Waals surface area contributed by atoms with Crippen molar-refractivity contribution in [2.24, 2.45) is 0 Å². The molecule has 1 aromatic rings. The molecule has 0 radical (unpaired) electrons. The standard InChI is InChI=1S/C13H20N4O/c1-3-14-12-9(2)13(16-8-15-12)17-6-10-4-5-11(7-17)18-10/h8,10-11H,3-7H2,1-2H3,(H,14,15,16). The van der Waals surface area contributed by atoms with Crippen molar-refractivity contribution in [1.82, 2.24) is 9.97 Å². The van der Waals surface area contributed by atoms with Crippen LogP contribution in [0.25, 0.3) is 0 Å². The molecule has 2 atom stereocenters. The Labute approximate surface area is 108 Å². The summed E-state index contributed by atoms with van der Waals surface area (Å²) in [6, 6.07) is 0. The third-order valence-electron chi connectivity index (χ3n) is 3.74. The van der Waals surface area contributed by atoms with Crippen LogP contribution < -0.4 is 10.2 Å². The second-order valence-corrected chi connectivity index (χ2v) is 5.06. The molecule has 0 spiro atoms. The van der Waals surface area contributed by atoms with Gasteiger partial charge < -0.3 is 15.0 Å². The Hall–Kier alpha value is -1.36. The van der Waals surface area contributed by atoms with E-state index >= 15 is 0 Å². The van der Waals surface area contributed by atoms with Crippen molar-refractivity contribution in [3.8, 4) is 0 Å². The van der Waals surface area contributed by atoms with Crippen LogP contribution in [0.5, 0.6) is 0 Å². The molecule has 3 rings (SSSR count). The third-order valence-corrected chi connectivity index (χ3v) is 3.74. The zero-order valence-corrected chi connectivity index (χ0v) is 11.0. The van der Waals surface area contributed by atoms with E-state index in [2.05, 4.69) is 34.0 Å². The summed E-state index contributed by atoms with van der Waals surface area (Å²) in [7, 11) is 0. The van der Waals surface area contributed by atoms with E-state index in [1.54, 1.807) is 6.33 Å². The lowest BCUT2D eigenvalue weighted by Crippen LogP contribution is -2.43. The molecule has 2 unspecified atom stereocenters. The van der Waals surface area contributed by atoms with Crippen molar-refractivity contribution in [2.45, 2.75) is 38.9 Å². The summed E-state index contributed by atoms with van der Waals surface area (Å²) in [5.74, 6) is 2.00. The molecular weight excluding hydrogens is 228 g/mol. The maximum Gasteiger partial charge on any atom is 0.137 e. The van der Waals surface area contributed by atoms with Gasteiger partial charge in [-0.1, -0.05) is 0 Å². The molecule has 0 saturated carbocycles. The number of hydrogen-bond acceptors (Lipinski definition) is 5. The van der Waals surface area contributed by atoms with Crippen LogP contribution in [0.1, 0.15) is 25.3 Å². The fourth-order valence-corrected chi connectivity index (χ4v) is 2.89. The minimum Gasteiger partial charge on any atom is -0.371 e. The van der Waals surface area contributed by atoms with Gasteiger partial charge in [0.1, 0.15) is 18.0 Å². The van der Waals surface area contributed by atoms with Gasteiger partial charge in [-0.3, -0.25) is 0 Å². The number of anilines is 2. The summed E-state index contributed by atoms with van der Waals surface area (Å²) in [6.45, 7) is 6.96. The maximum absolute atomic E-state index is 5.87. The summed E-state index contributed by atoms with van der Waals surface area (Å²) in [4.78, 5) is 11.1. The summed E-state index contributed by atoms with van der Waals surface area (Å²) in [5.41, 5.74) is 1.14. The molecule has 2 bridgehead atoms. The highest BCUT2D eigenvalue weighted by Crippen LogP contribution is 2.31. The van der Waals surface area contributed by atoms with E-state index in [-0.39, 0.29) is 0 Å². The summed E-state index contributed by atoms with van der Waals surface area (Å²) in [5, 5.41) is 3.28. The SMILES string of the molecule is CCNc1ncnc(N2CC3CCC(C2)O3)c1C. The van der Waals surface area contributed by atoms with Crippen LogP contribution in [0.3, 0.4) is 0 Å². The molecule has 0 amide bonds. The van der Waals surface area contributed by atoms with Crippen LogP contribution in [0.4, 0.5) is 11.6 Å². The lowest BCUT2D eigenvalue weighted by Gasteiger charge is -2.33. The van der Waals surface area contributed by atoms with Gasteiger partial charge >= 0.3 is 0 Å². The molecule has 2 saturated heterocycles. The maximum atomic E-state index is 5.87. The van der Waals surface area contributed by atoms with Gasteiger partial charge in [0.15, 0.2) is 0 Å². The van der Waals surface area contributed by atoms with E-state index < -0.39 is 0 Å². The minimum atomic E-state index is 0.390. The largest absolute Gasteiger partial charge is 0.371 e. The topological polar surface area (TPSA) is 50.3 Å². The predicted octanol–water partition coefficient (Wildman–Crippen LogP) is 1.58. The van der Waals surface area contributed by atoms with E-state index in [4.69, 9.17) is 4.74 Å². The summed E-state index contributed by atoms with van der Waals surface area (Å²) < 4.78 is 5.87. The van der Waals surface area contributed by atoms with Gasteiger partial charge in [0.25, 0.3) is 0 Å². The van der Waals surface area contributed by atoms with E-state index in [1.165, 1.54) is 12.8 Å². The van der Waals surface area contributed by atoms with Gasteiger partial charge in [-0.05, 0) is 26.7 Å². The molecule has 98 valence electrons. The monoisotopic (exact) mass is 248 g/mol. The van der Waals surface area contributed by atoms with Crippen molar-refractivity contribution in [3.63, 3.8) is 0 Å². The van der Waals surface area contributed by atoms with Gasteiger partial charge in [0.2, 0.25) is 0 Å². The zero-order valence-electron chi connectivity index (χ0n) is 11.0. The highest BCUT2D eigenvalue weighted by Gasteiger charge is 2.34. The van der Waals surface area contributed by atoms with Crippen LogP contribution in [0, 0.1) is 6.92 Å². The minimum absolute atomic E-state index is 0.390. The number of hydrogen-bond donors (Lipinski definition) is 1. The lowest BCUT2D eigenvalue weighted by molar-refractivity contribution is 0.0302. The average Bonchev–Trinajstić information content (AvgIpc) is 2.71. The Kier molecular flexibility index (Phi) is 3.07. The molecule has 2 fully saturated rings. The summed E-state index contributed by atoms with van der Waals surface area (Å²) >= 11 is 0. The number of fused-ring (bicyclic) bond motifs is 2. The first-order valence-corrected chi connectivity index (χ1v) is 6.73. The van der Waals surface area contributed by atoms with Crippen molar-refractivity contribution >= 4 is 11.6 Å². The Bertz CT molecular complexity index is 425. The lowest BCUT2D eigenvalue weighted by atomic mass is 10.2. The highest BCUT2D eigenvalue weighted by atomic mass is 16.5. The number of rotatable bonds is 3. The number of nitrogens with zero attached hydrogens (tertiary/aromatic N) is 3. The fourth-order valence-electron chi connectivity index (χ4n) is 2.89. The predicted molar refractivity (Wildman–Crippen MR) is 71.0 cm³/mol. The van der Waals surface area contributed by atoms with Crippen LogP contribution in [0.2, 0.25) is 0 Å². The zero-order chi connectivity index (χ0) is 12.5. The van der Waals surface area contributed by atoms with E-state index in [0.717, 1.165) is 36.8 Å². The Balaban J connectivity index is 1.85. The molecule has 1 aromatic heterocycles. The first kappa shape index (κ1) is 11.7. The van der Waals surface area contributed by atoms with E-state index in [1.807, 2.05) is 0 Å². The fraction of sp³-hybridized carbons (Fsp3) is 0.692. The molecule has 18 heavy (non-hydrogen) atoms. The highest BCUT2D eigenvalue weighted by molar-refractivity contribution is 5.58. The molecule has 5 heteroatoms. The quantitative estimate of drug-likeness (QED) is 0.880. The molecular formula is C13H20N4O. The van der Waals surface area contributed by atoms with Gasteiger partial charge in [-0.15, -0.1) is 0 Å². The van der Waals surface area contributed by atoms with Gasteiger partial charge in [0.05, 0.1) is 12.2 Å². The number of aromatic nitrogens is 2. The van der Waals surface area contributed by atoms with Crippen molar-refractivity contribution in [2.75, 3.05) is 29.9 Å². The van der Waals surface area contributed by atoms with Crippen LogP contribution in [-0.4, -0.2) is 41.8 Å². The Morgan fingerprint density at radius 3 is 2.72 bits per heavy atom. The van der Waals surface area contributed by atoms with Crippen LogP contribution in [-0.2, 0) is 4.74 Å². The number of nitrogens with one attached hydrogen (secondary N) is 1. The van der Waals surface area contributed by atoms with Gasteiger partial charge in [0, 0.05) is 25.2 Å². The van der Waals surface area contributed by atoms with Crippen molar-refractivity contribution in [1.29, 1.82) is 0 Å². The molecule has 2 aliphatic rings. The van der Waals surface area contributed by atoms with Crippen LogP contribution >= 0.6 is 0 Å². The third kappa shape index (κ3) is 2.03. The summed E-state index contributed by atoms with van der Waals surface area (Å²) in [6.07, 6.45) is 4.80. The van der Waals surface area contributed by atoms with E-state index in [0.29, 0.717) is 12.2 Å². The van der Waals surface area contributed by atoms with Crippen molar-refractivity contribution in [3.05, 3.63) is 11.9 Å². The van der Waals surface area contributed by atoms with E-state index in [9.17, 15) is 0 Å². The first-order chi connectivity index (χ1) is 8.78. The average molecular weight is 248 g/mol. The molecule has 1 N–H and O–H groups in total. The number of morpholine rings is 1. The second kappa shape index (κ2) is 4.72. The molecule has 0 aliphatic carbocycles. The molecule has 5 nitrogen and oxygen atoms in total. The van der Waals surface area contributed by atoms with Gasteiger partial charge in [-0.25, -0.2) is 9.97 Å². The second-order valence-electron chi connectivity index (χ2n) is 5.06. The van der Waals surface area contributed by atoms with Gasteiger partial charge in [-0.2, -0.15) is 0 Å². The smallest absolute Gasteiger partial charge is 0.137 e. The van der Waals surface area contributed by atoms with Crippen LogP contribution in [0.15, 0.2) is 6.33 Å². The normalized spacial score (nSPS) is 26.4. The Morgan fingerprint density at radius 2 is 2.06 bits per heavy atom.